The van der Waals surface area contributed by atoms with E-state index in [4.69, 9.17) is 0 Å². The monoisotopic (exact) mass is 454 g/mol. The first-order chi connectivity index (χ1) is 13.9. The normalized spacial score (nSPS) is 16.3. The van der Waals surface area contributed by atoms with Crippen molar-refractivity contribution in [3.8, 4) is 11.4 Å². The van der Waals surface area contributed by atoms with Gasteiger partial charge in [-0.1, -0.05) is 28.1 Å². The lowest BCUT2D eigenvalue weighted by Crippen LogP contribution is -2.28. The lowest BCUT2D eigenvalue weighted by molar-refractivity contribution is -0.122. The third kappa shape index (κ3) is 3.91. The highest BCUT2D eigenvalue weighted by Crippen LogP contribution is 2.29. The number of aromatic nitrogens is 4. The zero-order valence-electron chi connectivity index (χ0n) is 16.0. The van der Waals surface area contributed by atoms with Crippen LogP contribution >= 0.6 is 15.9 Å². The van der Waals surface area contributed by atoms with Crippen molar-refractivity contribution in [2.45, 2.75) is 13.3 Å². The molecule has 0 aliphatic carbocycles. The van der Waals surface area contributed by atoms with Crippen molar-refractivity contribution in [3.05, 3.63) is 52.5 Å². The van der Waals surface area contributed by atoms with E-state index < -0.39 is 5.92 Å². The summed E-state index contributed by atoms with van der Waals surface area (Å²) in [5, 5.41) is 14.4. The minimum absolute atomic E-state index is 0.0502. The largest absolute Gasteiger partial charge is 0.326 e. The Bertz CT molecular complexity index is 1100. The van der Waals surface area contributed by atoms with Gasteiger partial charge in [0, 0.05) is 41.4 Å². The van der Waals surface area contributed by atoms with Crippen LogP contribution in [-0.4, -0.2) is 38.6 Å². The summed E-state index contributed by atoms with van der Waals surface area (Å²) in [5.74, 6) is -0.0331. The molecule has 1 aliphatic rings. The van der Waals surface area contributed by atoms with Gasteiger partial charge in [0.05, 0.1) is 5.92 Å². The topological polar surface area (TPSA) is 93.0 Å². The number of hydrogen-bond donors (Lipinski definition) is 1. The lowest BCUT2D eigenvalue weighted by atomic mass is 10.1. The summed E-state index contributed by atoms with van der Waals surface area (Å²) in [5.41, 5.74) is 3.28. The Morgan fingerprint density at radius 1 is 1.24 bits per heavy atom. The van der Waals surface area contributed by atoms with Gasteiger partial charge in [0.2, 0.25) is 11.8 Å². The third-order valence-electron chi connectivity index (χ3n) is 4.96. The van der Waals surface area contributed by atoms with Crippen molar-refractivity contribution in [3.63, 3.8) is 0 Å². The van der Waals surface area contributed by atoms with Crippen molar-refractivity contribution in [2.24, 2.45) is 13.0 Å². The number of carbonyl (C=O) groups excluding carboxylic acids is 2. The first-order valence-electron chi connectivity index (χ1n) is 9.12. The smallest absolute Gasteiger partial charge is 0.229 e. The molecule has 2 aromatic carbocycles. The van der Waals surface area contributed by atoms with Crippen LogP contribution < -0.4 is 10.2 Å². The molecule has 0 bridgehead atoms. The predicted molar refractivity (Wildman–Crippen MR) is 112 cm³/mol. The number of halogens is 1. The molecule has 1 atom stereocenters. The van der Waals surface area contributed by atoms with Crippen molar-refractivity contribution in [1.29, 1.82) is 0 Å². The zero-order chi connectivity index (χ0) is 20.5. The minimum Gasteiger partial charge on any atom is -0.326 e. The molecule has 2 amide bonds. The van der Waals surface area contributed by atoms with Crippen LogP contribution in [0.15, 0.2) is 46.9 Å². The molecule has 0 radical (unpaired) electrons. The quantitative estimate of drug-likeness (QED) is 0.653. The average Bonchev–Trinajstić information content (AvgIpc) is 3.30. The lowest BCUT2D eigenvalue weighted by Gasteiger charge is -2.18. The Morgan fingerprint density at radius 3 is 2.79 bits per heavy atom. The van der Waals surface area contributed by atoms with Crippen molar-refractivity contribution in [1.82, 2.24) is 20.2 Å². The van der Waals surface area contributed by atoms with Gasteiger partial charge in [0.15, 0.2) is 5.82 Å². The molecule has 1 N–H and O–H groups in total. The Morgan fingerprint density at radius 2 is 2.07 bits per heavy atom. The van der Waals surface area contributed by atoms with Gasteiger partial charge in [-0.25, -0.2) is 4.68 Å². The summed E-state index contributed by atoms with van der Waals surface area (Å²) >= 11 is 3.47. The Labute approximate surface area is 176 Å². The molecule has 1 aliphatic heterocycles. The van der Waals surface area contributed by atoms with E-state index in [1.165, 1.54) is 0 Å². The number of amides is 2. The SMILES string of the molecule is Cc1cc(N2CC(C(=O)Nc3cccc(-c4nnnn4C)c3)CC2=O)ccc1Br. The van der Waals surface area contributed by atoms with Gasteiger partial charge in [-0.05, 0) is 53.2 Å². The van der Waals surface area contributed by atoms with Crippen molar-refractivity contribution < 1.29 is 9.59 Å². The van der Waals surface area contributed by atoms with E-state index in [0.717, 1.165) is 21.3 Å². The van der Waals surface area contributed by atoms with Gasteiger partial charge < -0.3 is 10.2 Å². The van der Waals surface area contributed by atoms with Crippen molar-refractivity contribution >= 4 is 39.1 Å². The maximum Gasteiger partial charge on any atom is 0.229 e. The fraction of sp³-hybridized carbons (Fsp3) is 0.250. The Kier molecular flexibility index (Phi) is 5.14. The molecule has 1 saturated heterocycles. The van der Waals surface area contributed by atoms with Crippen molar-refractivity contribution in [2.75, 3.05) is 16.8 Å². The molecule has 0 saturated carbocycles. The van der Waals surface area contributed by atoms with E-state index in [-0.39, 0.29) is 18.2 Å². The first kappa shape index (κ1) is 19.3. The summed E-state index contributed by atoms with van der Waals surface area (Å²) in [6, 6.07) is 13.1. The zero-order valence-corrected chi connectivity index (χ0v) is 17.5. The Balaban J connectivity index is 1.47. The predicted octanol–water partition coefficient (Wildman–Crippen LogP) is 2.94. The maximum atomic E-state index is 12.8. The second kappa shape index (κ2) is 7.75. The van der Waals surface area contributed by atoms with Crippen LogP contribution in [0.2, 0.25) is 0 Å². The van der Waals surface area contributed by atoms with Crippen LogP contribution in [0.1, 0.15) is 12.0 Å². The summed E-state index contributed by atoms with van der Waals surface area (Å²) in [7, 11) is 1.75. The molecule has 29 heavy (non-hydrogen) atoms. The number of tetrazole rings is 1. The molecule has 1 aromatic heterocycles. The van der Waals surface area contributed by atoms with Crippen LogP contribution in [0.4, 0.5) is 11.4 Å². The number of nitrogens with one attached hydrogen (secondary N) is 1. The minimum atomic E-state index is -0.411. The second-order valence-corrected chi connectivity index (χ2v) is 7.89. The van der Waals surface area contributed by atoms with Gasteiger partial charge in [-0.2, -0.15) is 0 Å². The number of benzene rings is 2. The number of nitrogens with zero attached hydrogens (tertiary/aromatic N) is 5. The molecule has 1 unspecified atom stereocenters. The second-order valence-electron chi connectivity index (χ2n) is 7.04. The fourth-order valence-electron chi connectivity index (χ4n) is 3.38. The summed E-state index contributed by atoms with van der Waals surface area (Å²) in [4.78, 5) is 26.9. The van der Waals surface area contributed by atoms with Gasteiger partial charge >= 0.3 is 0 Å². The number of anilines is 2. The summed E-state index contributed by atoms with van der Waals surface area (Å²) < 4.78 is 2.55. The van der Waals surface area contributed by atoms with E-state index in [2.05, 4.69) is 36.8 Å². The van der Waals surface area contributed by atoms with E-state index in [0.29, 0.717) is 18.1 Å². The standard InChI is InChI=1S/C20H19BrN6O2/c1-12-8-16(6-7-17(12)21)27-11-14(10-18(27)28)20(29)22-15-5-3-4-13(9-15)19-23-24-25-26(19)2/h3-9,14H,10-11H2,1-2H3,(H,22,29). The van der Waals surface area contributed by atoms with Gasteiger partial charge in [0.1, 0.15) is 0 Å². The molecule has 2 heterocycles. The number of aryl methyl sites for hydroxylation is 2. The molecule has 9 heteroatoms. The van der Waals surface area contributed by atoms with E-state index in [1.54, 1.807) is 22.7 Å². The molecule has 4 rings (SSSR count). The van der Waals surface area contributed by atoms with Crippen LogP contribution in [0.3, 0.4) is 0 Å². The van der Waals surface area contributed by atoms with Crippen LogP contribution in [0.25, 0.3) is 11.4 Å². The highest BCUT2D eigenvalue weighted by atomic mass is 79.9. The molecular formula is C20H19BrN6O2. The highest BCUT2D eigenvalue weighted by molar-refractivity contribution is 9.10. The molecule has 0 spiro atoms. The molecule has 8 nitrogen and oxygen atoms in total. The van der Waals surface area contributed by atoms with Crippen LogP contribution in [-0.2, 0) is 16.6 Å². The molecule has 3 aromatic rings. The van der Waals surface area contributed by atoms with Gasteiger partial charge in [0.25, 0.3) is 0 Å². The Hall–Kier alpha value is -3.07. The number of rotatable bonds is 4. The van der Waals surface area contributed by atoms with Crippen LogP contribution in [0.5, 0.6) is 0 Å². The average molecular weight is 455 g/mol. The van der Waals surface area contributed by atoms with E-state index >= 15 is 0 Å². The number of carbonyl (C=O) groups is 2. The van der Waals surface area contributed by atoms with Gasteiger partial charge in [-0.15, -0.1) is 5.10 Å². The maximum absolute atomic E-state index is 12.8. The summed E-state index contributed by atoms with van der Waals surface area (Å²) in [6.45, 7) is 2.33. The highest BCUT2D eigenvalue weighted by Gasteiger charge is 2.35. The fourth-order valence-corrected chi connectivity index (χ4v) is 3.63. The third-order valence-corrected chi connectivity index (χ3v) is 5.85. The molecular weight excluding hydrogens is 436 g/mol. The van der Waals surface area contributed by atoms with Crippen LogP contribution in [0, 0.1) is 12.8 Å². The first-order valence-corrected chi connectivity index (χ1v) is 9.92. The summed E-state index contributed by atoms with van der Waals surface area (Å²) in [6.07, 6.45) is 0.188. The molecule has 148 valence electrons. The van der Waals surface area contributed by atoms with E-state index in [9.17, 15) is 9.59 Å². The van der Waals surface area contributed by atoms with E-state index in [1.807, 2.05) is 43.3 Å². The van der Waals surface area contributed by atoms with Gasteiger partial charge in [-0.3, -0.25) is 9.59 Å². The molecule has 1 fully saturated rings. The number of hydrogen-bond acceptors (Lipinski definition) is 5.